The van der Waals surface area contributed by atoms with Crippen LogP contribution >= 0.6 is 0 Å². The molecule has 2 heterocycles. The maximum atomic E-state index is 12.0. The molecule has 0 unspecified atom stereocenters. The maximum Gasteiger partial charge on any atom is 0.214 e. The summed E-state index contributed by atoms with van der Waals surface area (Å²) < 4.78 is 25.5. The molecule has 1 N–H and O–H groups in total. The highest BCUT2D eigenvalue weighted by Crippen LogP contribution is 2.42. The van der Waals surface area contributed by atoms with Crippen molar-refractivity contribution in [2.24, 2.45) is 10.4 Å². The van der Waals surface area contributed by atoms with Crippen molar-refractivity contribution in [2.75, 3.05) is 45.0 Å². The van der Waals surface area contributed by atoms with E-state index in [1.165, 1.54) is 51.4 Å². The Morgan fingerprint density at radius 1 is 1.04 bits per heavy atom. The molecule has 1 spiro atoms. The average molecular weight is 385 g/mol. The zero-order chi connectivity index (χ0) is 18.5. The molecule has 2 aliphatic heterocycles. The smallest absolute Gasteiger partial charge is 0.214 e. The SMILES string of the molecule is CCNC(=NCCN1CCCS1(=O)=O)N1CCCC2(CCCCCC2)C1. The Kier molecular flexibility index (Phi) is 6.83. The topological polar surface area (TPSA) is 65.0 Å². The van der Waals surface area contributed by atoms with Crippen LogP contribution in [0.25, 0.3) is 0 Å². The molecule has 3 fully saturated rings. The second-order valence-corrected chi connectivity index (χ2v) is 10.3. The molecule has 0 bridgehead atoms. The van der Waals surface area contributed by atoms with E-state index < -0.39 is 10.0 Å². The first-order chi connectivity index (χ1) is 12.5. The van der Waals surface area contributed by atoms with Gasteiger partial charge in [-0.15, -0.1) is 0 Å². The summed E-state index contributed by atoms with van der Waals surface area (Å²) in [7, 11) is -3.02. The number of nitrogens with zero attached hydrogens (tertiary/aromatic N) is 3. The molecule has 2 saturated heterocycles. The average Bonchev–Trinajstić information content (AvgIpc) is 2.81. The Bertz CT molecular complexity index is 582. The lowest BCUT2D eigenvalue weighted by molar-refractivity contribution is 0.115. The molecule has 7 heteroatoms. The van der Waals surface area contributed by atoms with Gasteiger partial charge in [0.15, 0.2) is 5.96 Å². The molecule has 0 atom stereocenters. The fourth-order valence-corrected chi connectivity index (χ4v) is 6.43. The first-order valence-corrected chi connectivity index (χ1v) is 12.2. The van der Waals surface area contributed by atoms with Gasteiger partial charge in [0.05, 0.1) is 12.3 Å². The van der Waals surface area contributed by atoms with E-state index in [0.717, 1.165) is 32.0 Å². The van der Waals surface area contributed by atoms with Crippen molar-refractivity contribution in [3.63, 3.8) is 0 Å². The Morgan fingerprint density at radius 3 is 2.42 bits per heavy atom. The number of nitrogens with one attached hydrogen (secondary N) is 1. The third-order valence-electron chi connectivity index (χ3n) is 6.27. The van der Waals surface area contributed by atoms with Gasteiger partial charge < -0.3 is 10.2 Å². The van der Waals surface area contributed by atoms with Gasteiger partial charge in [-0.1, -0.05) is 25.7 Å². The summed E-state index contributed by atoms with van der Waals surface area (Å²) in [6.45, 7) is 6.84. The van der Waals surface area contributed by atoms with Gasteiger partial charge in [-0.3, -0.25) is 4.99 Å². The summed E-state index contributed by atoms with van der Waals surface area (Å²) in [5, 5.41) is 3.44. The largest absolute Gasteiger partial charge is 0.357 e. The highest BCUT2D eigenvalue weighted by atomic mass is 32.2. The first-order valence-electron chi connectivity index (χ1n) is 10.6. The van der Waals surface area contributed by atoms with Crippen molar-refractivity contribution in [2.45, 2.75) is 64.7 Å². The summed E-state index contributed by atoms with van der Waals surface area (Å²) >= 11 is 0. The summed E-state index contributed by atoms with van der Waals surface area (Å²) in [4.78, 5) is 7.23. The molecule has 150 valence electrons. The minimum atomic E-state index is -3.02. The van der Waals surface area contributed by atoms with Crippen LogP contribution in [0.15, 0.2) is 4.99 Å². The third kappa shape index (κ3) is 4.91. The number of hydrogen-bond acceptors (Lipinski definition) is 3. The van der Waals surface area contributed by atoms with Crippen LogP contribution in [0.1, 0.15) is 64.7 Å². The highest BCUT2D eigenvalue weighted by molar-refractivity contribution is 7.89. The minimum Gasteiger partial charge on any atom is -0.357 e. The number of aliphatic imine (C=N–C) groups is 1. The molecule has 3 aliphatic rings. The van der Waals surface area contributed by atoms with E-state index in [1.807, 2.05) is 0 Å². The number of sulfonamides is 1. The van der Waals surface area contributed by atoms with Crippen molar-refractivity contribution < 1.29 is 8.42 Å². The van der Waals surface area contributed by atoms with Crippen LogP contribution in [0.2, 0.25) is 0 Å². The molecule has 0 aromatic heterocycles. The van der Waals surface area contributed by atoms with Crippen LogP contribution in [-0.4, -0.2) is 68.6 Å². The number of rotatable bonds is 4. The van der Waals surface area contributed by atoms with Crippen LogP contribution in [0.4, 0.5) is 0 Å². The summed E-state index contributed by atoms with van der Waals surface area (Å²) in [5.41, 5.74) is 0.475. The fraction of sp³-hybridized carbons (Fsp3) is 0.947. The van der Waals surface area contributed by atoms with Gasteiger partial charge in [0.25, 0.3) is 0 Å². The lowest BCUT2D eigenvalue weighted by Crippen LogP contribution is -2.50. The van der Waals surface area contributed by atoms with Crippen molar-refractivity contribution in [3.05, 3.63) is 0 Å². The van der Waals surface area contributed by atoms with Crippen molar-refractivity contribution in [1.82, 2.24) is 14.5 Å². The van der Waals surface area contributed by atoms with E-state index in [9.17, 15) is 8.42 Å². The lowest BCUT2D eigenvalue weighted by Gasteiger charge is -2.44. The Balaban J connectivity index is 1.62. The fourth-order valence-electron chi connectivity index (χ4n) is 4.91. The van der Waals surface area contributed by atoms with Gasteiger partial charge in [-0.25, -0.2) is 12.7 Å². The molecule has 26 heavy (non-hydrogen) atoms. The molecule has 0 aromatic rings. The predicted octanol–water partition coefficient (Wildman–Crippen LogP) is 2.42. The summed E-state index contributed by atoms with van der Waals surface area (Å²) in [6, 6.07) is 0. The molecule has 3 rings (SSSR count). The maximum absolute atomic E-state index is 12.0. The summed E-state index contributed by atoms with van der Waals surface area (Å²) in [6.07, 6.45) is 11.6. The Morgan fingerprint density at radius 2 is 1.77 bits per heavy atom. The molecule has 0 aromatic carbocycles. The standard InChI is InChI=1S/C19H36N4O2S/c1-2-20-18(21-12-15-23-14-8-16-26(23,24)25)22-13-7-11-19(17-22)9-5-3-4-6-10-19/h2-17H2,1H3,(H,20,21). The number of hydrogen-bond donors (Lipinski definition) is 1. The van der Waals surface area contributed by atoms with E-state index >= 15 is 0 Å². The van der Waals surface area contributed by atoms with E-state index in [1.54, 1.807) is 4.31 Å². The first kappa shape index (κ1) is 19.9. The second-order valence-electron chi connectivity index (χ2n) is 8.24. The normalized spacial score (nSPS) is 26.8. The van der Waals surface area contributed by atoms with Crippen LogP contribution in [0.3, 0.4) is 0 Å². The Labute approximate surface area is 159 Å². The second kappa shape index (κ2) is 8.91. The summed E-state index contributed by atoms with van der Waals surface area (Å²) in [5.74, 6) is 1.28. The van der Waals surface area contributed by atoms with Gasteiger partial charge in [0.1, 0.15) is 0 Å². The third-order valence-corrected chi connectivity index (χ3v) is 8.23. The lowest BCUT2D eigenvalue weighted by atomic mass is 9.74. The van der Waals surface area contributed by atoms with Gasteiger partial charge >= 0.3 is 0 Å². The van der Waals surface area contributed by atoms with E-state index in [-0.39, 0.29) is 0 Å². The van der Waals surface area contributed by atoms with Crippen molar-refractivity contribution in [1.29, 1.82) is 0 Å². The highest BCUT2D eigenvalue weighted by Gasteiger charge is 2.36. The monoisotopic (exact) mass is 384 g/mol. The van der Waals surface area contributed by atoms with Gasteiger partial charge in [-0.05, 0) is 44.4 Å². The van der Waals surface area contributed by atoms with Gasteiger partial charge in [0.2, 0.25) is 10.0 Å². The predicted molar refractivity (Wildman–Crippen MR) is 107 cm³/mol. The molecule has 1 aliphatic carbocycles. The molecule has 1 saturated carbocycles. The van der Waals surface area contributed by atoms with Crippen LogP contribution in [0, 0.1) is 5.41 Å². The molecule has 0 amide bonds. The van der Waals surface area contributed by atoms with Crippen LogP contribution in [0.5, 0.6) is 0 Å². The van der Waals surface area contributed by atoms with E-state index in [2.05, 4.69) is 17.1 Å². The van der Waals surface area contributed by atoms with E-state index in [0.29, 0.717) is 30.8 Å². The quantitative estimate of drug-likeness (QED) is 0.597. The van der Waals surface area contributed by atoms with Gasteiger partial charge in [-0.2, -0.15) is 0 Å². The number of likely N-dealkylation sites (tertiary alicyclic amines) is 1. The van der Waals surface area contributed by atoms with Gasteiger partial charge in [0, 0.05) is 32.7 Å². The molecular formula is C19H36N4O2S. The Hall–Kier alpha value is -0.820. The number of piperidine rings is 1. The zero-order valence-corrected chi connectivity index (χ0v) is 17.2. The molecular weight excluding hydrogens is 348 g/mol. The number of guanidine groups is 1. The molecule has 6 nitrogen and oxygen atoms in total. The van der Waals surface area contributed by atoms with Crippen molar-refractivity contribution in [3.8, 4) is 0 Å². The van der Waals surface area contributed by atoms with Crippen molar-refractivity contribution >= 4 is 16.0 Å². The van der Waals surface area contributed by atoms with E-state index in [4.69, 9.17) is 4.99 Å². The van der Waals surface area contributed by atoms with Crippen LogP contribution in [-0.2, 0) is 10.0 Å². The molecule has 0 radical (unpaired) electrons. The van der Waals surface area contributed by atoms with Crippen LogP contribution < -0.4 is 5.32 Å². The minimum absolute atomic E-state index is 0.297. The zero-order valence-electron chi connectivity index (χ0n) is 16.4.